The Balaban J connectivity index is 1.99. The highest BCUT2D eigenvalue weighted by atomic mass is 127. The Morgan fingerprint density at radius 3 is 2.73 bits per heavy atom. The molecule has 0 aliphatic carbocycles. The second kappa shape index (κ2) is 4.49. The predicted molar refractivity (Wildman–Crippen MR) is 67.9 cm³/mol. The number of amides is 1. The molecule has 0 bridgehead atoms. The van der Waals surface area contributed by atoms with Crippen LogP contribution in [0.1, 0.15) is 10.4 Å². The minimum absolute atomic E-state index is 0.0399. The molecule has 80 valence electrons. The summed E-state index contributed by atoms with van der Waals surface area (Å²) >= 11 is 2.19. The zero-order chi connectivity index (χ0) is 10.8. The third-order valence-electron chi connectivity index (χ3n) is 2.52. The summed E-state index contributed by atoms with van der Waals surface area (Å²) < 4.78 is 1.00. The van der Waals surface area contributed by atoms with E-state index in [9.17, 15) is 4.79 Å². The minimum atomic E-state index is 0.0399. The smallest absolute Gasteiger partial charge is 0.252 e. The zero-order valence-electron chi connectivity index (χ0n) is 8.53. The van der Waals surface area contributed by atoms with Gasteiger partial charge < -0.3 is 10.2 Å². The lowest BCUT2D eigenvalue weighted by atomic mass is 10.1. The average Bonchev–Trinajstić information content (AvgIpc) is 2.16. The average molecular weight is 316 g/mol. The second-order valence-electron chi connectivity index (χ2n) is 3.87. The molecule has 1 aliphatic rings. The van der Waals surface area contributed by atoms with Crippen molar-refractivity contribution in [1.82, 2.24) is 10.2 Å². The van der Waals surface area contributed by atoms with Crippen molar-refractivity contribution in [2.24, 2.45) is 0 Å². The number of hydrogen-bond acceptors (Lipinski definition) is 2. The van der Waals surface area contributed by atoms with Gasteiger partial charge in [-0.2, -0.15) is 0 Å². The van der Waals surface area contributed by atoms with Crippen LogP contribution in [-0.2, 0) is 0 Å². The Hall–Kier alpha value is -0.620. The second-order valence-corrected chi connectivity index (χ2v) is 5.03. The highest BCUT2D eigenvalue weighted by Crippen LogP contribution is 2.12. The molecule has 1 aromatic rings. The van der Waals surface area contributed by atoms with E-state index in [0.29, 0.717) is 6.04 Å². The molecule has 0 atom stereocenters. The Kier molecular flexibility index (Phi) is 3.25. The van der Waals surface area contributed by atoms with E-state index in [1.807, 2.05) is 24.3 Å². The molecule has 0 spiro atoms. The fourth-order valence-corrected chi connectivity index (χ4v) is 2.33. The fourth-order valence-electron chi connectivity index (χ4n) is 1.70. The van der Waals surface area contributed by atoms with E-state index in [1.54, 1.807) is 0 Å². The van der Waals surface area contributed by atoms with Crippen LogP contribution >= 0.6 is 22.6 Å². The number of benzene rings is 1. The standard InChI is InChI=1S/C11H13IN2O/c1-14-6-8(7-14)13-11(15)9-4-2-3-5-10(9)12/h2-5,8H,6-7H2,1H3,(H,13,15). The number of likely N-dealkylation sites (tertiary alicyclic amines) is 1. The van der Waals surface area contributed by atoms with Gasteiger partial charge in [0.2, 0.25) is 0 Å². The molecule has 1 aliphatic heterocycles. The summed E-state index contributed by atoms with van der Waals surface area (Å²) in [4.78, 5) is 14.0. The molecule has 1 fully saturated rings. The van der Waals surface area contributed by atoms with Gasteiger partial charge in [0.1, 0.15) is 0 Å². The monoisotopic (exact) mass is 316 g/mol. The minimum Gasteiger partial charge on any atom is -0.347 e. The summed E-state index contributed by atoms with van der Waals surface area (Å²) in [6.45, 7) is 1.91. The first-order chi connectivity index (χ1) is 7.16. The topological polar surface area (TPSA) is 32.3 Å². The molecule has 0 aromatic heterocycles. The Morgan fingerprint density at radius 2 is 2.13 bits per heavy atom. The molecule has 15 heavy (non-hydrogen) atoms. The molecule has 0 saturated carbocycles. The van der Waals surface area contributed by atoms with E-state index in [4.69, 9.17) is 0 Å². The third kappa shape index (κ3) is 2.49. The Bertz CT molecular complexity index is 375. The van der Waals surface area contributed by atoms with Crippen molar-refractivity contribution >= 4 is 28.5 Å². The number of carbonyl (C=O) groups is 1. The van der Waals surface area contributed by atoms with Gasteiger partial charge in [-0.25, -0.2) is 0 Å². The maximum Gasteiger partial charge on any atom is 0.252 e. The van der Waals surface area contributed by atoms with E-state index in [1.165, 1.54) is 0 Å². The summed E-state index contributed by atoms with van der Waals surface area (Å²) in [6, 6.07) is 7.96. The number of likely N-dealkylation sites (N-methyl/N-ethyl adjacent to an activating group) is 1. The molecule has 2 rings (SSSR count). The van der Waals surface area contributed by atoms with Crippen molar-refractivity contribution in [3.63, 3.8) is 0 Å². The van der Waals surface area contributed by atoms with Crippen LogP contribution in [0.25, 0.3) is 0 Å². The first-order valence-corrected chi connectivity index (χ1v) is 5.98. The molecule has 1 aromatic carbocycles. The first-order valence-electron chi connectivity index (χ1n) is 4.91. The molecule has 1 N–H and O–H groups in total. The van der Waals surface area contributed by atoms with E-state index in [2.05, 4.69) is 39.9 Å². The first kappa shape index (κ1) is 10.9. The Morgan fingerprint density at radius 1 is 1.47 bits per heavy atom. The van der Waals surface area contributed by atoms with Gasteiger partial charge in [-0.15, -0.1) is 0 Å². The number of nitrogens with zero attached hydrogens (tertiary/aromatic N) is 1. The van der Waals surface area contributed by atoms with Gasteiger partial charge in [-0.05, 0) is 41.8 Å². The maximum atomic E-state index is 11.8. The van der Waals surface area contributed by atoms with Crippen molar-refractivity contribution in [3.05, 3.63) is 33.4 Å². The van der Waals surface area contributed by atoms with Crippen LogP contribution in [0.15, 0.2) is 24.3 Å². The molecule has 0 unspecified atom stereocenters. The summed E-state index contributed by atoms with van der Waals surface area (Å²) in [5.74, 6) is 0.0399. The summed E-state index contributed by atoms with van der Waals surface area (Å²) in [6.07, 6.45) is 0. The maximum absolute atomic E-state index is 11.8. The van der Waals surface area contributed by atoms with Gasteiger partial charge in [0, 0.05) is 16.7 Å². The number of carbonyl (C=O) groups excluding carboxylic acids is 1. The van der Waals surface area contributed by atoms with Crippen LogP contribution in [-0.4, -0.2) is 37.0 Å². The molecular weight excluding hydrogens is 303 g/mol. The number of rotatable bonds is 2. The van der Waals surface area contributed by atoms with Crippen molar-refractivity contribution in [2.75, 3.05) is 20.1 Å². The van der Waals surface area contributed by atoms with Gasteiger partial charge in [-0.1, -0.05) is 12.1 Å². The lowest BCUT2D eigenvalue weighted by Crippen LogP contribution is -2.57. The highest BCUT2D eigenvalue weighted by molar-refractivity contribution is 14.1. The molecule has 1 heterocycles. The van der Waals surface area contributed by atoms with E-state index in [0.717, 1.165) is 22.2 Å². The van der Waals surface area contributed by atoms with E-state index in [-0.39, 0.29) is 5.91 Å². The summed E-state index contributed by atoms with van der Waals surface area (Å²) in [7, 11) is 2.05. The van der Waals surface area contributed by atoms with Gasteiger partial charge in [-0.3, -0.25) is 4.79 Å². The van der Waals surface area contributed by atoms with Crippen molar-refractivity contribution in [1.29, 1.82) is 0 Å². The number of halogens is 1. The zero-order valence-corrected chi connectivity index (χ0v) is 10.7. The van der Waals surface area contributed by atoms with E-state index >= 15 is 0 Å². The van der Waals surface area contributed by atoms with E-state index < -0.39 is 0 Å². The lowest BCUT2D eigenvalue weighted by Gasteiger charge is -2.36. The predicted octanol–water partition coefficient (Wildman–Crippen LogP) is 1.33. The molecule has 3 nitrogen and oxygen atoms in total. The molecule has 1 saturated heterocycles. The van der Waals surface area contributed by atoms with Crippen LogP contribution in [0.5, 0.6) is 0 Å². The van der Waals surface area contributed by atoms with Gasteiger partial charge in [0.05, 0.1) is 11.6 Å². The van der Waals surface area contributed by atoms with Gasteiger partial charge >= 0.3 is 0 Å². The normalized spacial score (nSPS) is 17.2. The molecule has 0 radical (unpaired) electrons. The van der Waals surface area contributed by atoms with Crippen LogP contribution in [0.4, 0.5) is 0 Å². The highest BCUT2D eigenvalue weighted by Gasteiger charge is 2.25. The molecular formula is C11H13IN2O. The van der Waals surface area contributed by atoms with Crippen LogP contribution in [0, 0.1) is 3.57 Å². The van der Waals surface area contributed by atoms with Gasteiger partial charge in [0.15, 0.2) is 0 Å². The number of nitrogens with one attached hydrogen (secondary N) is 1. The van der Waals surface area contributed by atoms with Crippen LogP contribution in [0.2, 0.25) is 0 Å². The fraction of sp³-hybridized carbons (Fsp3) is 0.364. The Labute approximate surface area is 103 Å². The third-order valence-corrected chi connectivity index (χ3v) is 3.46. The van der Waals surface area contributed by atoms with Crippen molar-refractivity contribution in [2.45, 2.75) is 6.04 Å². The van der Waals surface area contributed by atoms with Crippen molar-refractivity contribution < 1.29 is 4.79 Å². The largest absolute Gasteiger partial charge is 0.347 e. The summed E-state index contributed by atoms with van der Waals surface area (Å²) in [5, 5.41) is 3.02. The van der Waals surface area contributed by atoms with Crippen LogP contribution in [0.3, 0.4) is 0 Å². The summed E-state index contributed by atoms with van der Waals surface area (Å²) in [5.41, 5.74) is 0.771. The van der Waals surface area contributed by atoms with Crippen LogP contribution < -0.4 is 5.32 Å². The SMILES string of the molecule is CN1CC(NC(=O)c2ccccc2I)C1. The molecule has 1 amide bonds. The van der Waals surface area contributed by atoms with Crippen molar-refractivity contribution in [3.8, 4) is 0 Å². The van der Waals surface area contributed by atoms with Gasteiger partial charge in [0.25, 0.3) is 5.91 Å². The quantitative estimate of drug-likeness (QED) is 0.835. The lowest BCUT2D eigenvalue weighted by molar-refractivity contribution is 0.0857. The molecule has 4 heteroatoms. The number of hydrogen-bond donors (Lipinski definition) is 1.